The number of carboxylic acid groups (broad SMARTS) is 2. The summed E-state index contributed by atoms with van der Waals surface area (Å²) >= 11 is 0. The molecule has 8 nitrogen and oxygen atoms in total. The number of carbonyl (C=O) groups is 2. The van der Waals surface area contributed by atoms with E-state index in [4.69, 9.17) is 10.2 Å². The Balaban J connectivity index is 2.53. The lowest BCUT2D eigenvalue weighted by molar-refractivity contribution is -0.384. The fourth-order valence-electron chi connectivity index (χ4n) is 2.03. The number of hydrogen-bond donors (Lipinski definition) is 2. The third kappa shape index (κ3) is 4.01. The first-order valence-corrected chi connectivity index (χ1v) is 6.75. The van der Waals surface area contributed by atoms with Gasteiger partial charge in [-0.25, -0.2) is 9.79 Å². The first-order chi connectivity index (χ1) is 11.4. The van der Waals surface area contributed by atoms with Crippen LogP contribution in [-0.4, -0.2) is 32.8 Å². The van der Waals surface area contributed by atoms with Crippen molar-refractivity contribution in [2.75, 3.05) is 0 Å². The summed E-state index contributed by atoms with van der Waals surface area (Å²) in [4.78, 5) is 35.9. The van der Waals surface area contributed by atoms with E-state index in [2.05, 4.69) is 4.99 Å². The van der Waals surface area contributed by atoms with Gasteiger partial charge in [-0.3, -0.25) is 14.9 Å². The van der Waals surface area contributed by atoms with E-state index in [1.807, 2.05) is 6.07 Å². The highest BCUT2D eigenvalue weighted by atomic mass is 16.6. The first kappa shape index (κ1) is 16.8. The number of hydrogen-bond acceptors (Lipinski definition) is 5. The van der Waals surface area contributed by atoms with E-state index in [1.165, 1.54) is 12.1 Å². The monoisotopic (exact) mass is 328 g/mol. The van der Waals surface area contributed by atoms with E-state index in [0.29, 0.717) is 5.56 Å². The minimum Gasteiger partial charge on any atom is -0.481 e. The topological polar surface area (TPSA) is 130 Å². The maximum atomic E-state index is 11.3. The summed E-state index contributed by atoms with van der Waals surface area (Å²) < 4.78 is 0. The Labute approximate surface area is 135 Å². The molecule has 0 radical (unpaired) electrons. The van der Waals surface area contributed by atoms with Gasteiger partial charge in [0.05, 0.1) is 11.3 Å². The Morgan fingerprint density at radius 1 is 1.04 bits per heavy atom. The second-order valence-electron chi connectivity index (χ2n) is 4.76. The zero-order valence-electron chi connectivity index (χ0n) is 12.2. The third-order valence-electron chi connectivity index (χ3n) is 3.10. The number of carboxylic acids is 2. The van der Waals surface area contributed by atoms with Gasteiger partial charge in [0.1, 0.15) is 11.4 Å². The number of nitro benzene ring substituents is 1. The van der Waals surface area contributed by atoms with Crippen molar-refractivity contribution >= 4 is 29.0 Å². The summed E-state index contributed by atoms with van der Waals surface area (Å²) in [7, 11) is 0. The first-order valence-electron chi connectivity index (χ1n) is 6.75. The van der Waals surface area contributed by atoms with Crippen LogP contribution in [0.15, 0.2) is 53.5 Å². The summed E-state index contributed by atoms with van der Waals surface area (Å²) in [5.41, 5.74) is 0.0216. The quantitative estimate of drug-likeness (QED) is 0.476. The van der Waals surface area contributed by atoms with E-state index in [-0.39, 0.29) is 5.69 Å². The molecule has 0 bridgehead atoms. The molecule has 0 aliphatic rings. The van der Waals surface area contributed by atoms with Gasteiger partial charge in [-0.1, -0.05) is 36.4 Å². The summed E-state index contributed by atoms with van der Waals surface area (Å²) in [6.45, 7) is 0. The van der Waals surface area contributed by atoms with E-state index < -0.39 is 34.7 Å². The zero-order chi connectivity index (χ0) is 17.7. The Kier molecular flexibility index (Phi) is 5.00. The molecule has 24 heavy (non-hydrogen) atoms. The number of nitrogens with zero attached hydrogens (tertiary/aromatic N) is 2. The van der Waals surface area contributed by atoms with Crippen molar-refractivity contribution in [3.8, 4) is 11.1 Å². The second-order valence-corrected chi connectivity index (χ2v) is 4.76. The van der Waals surface area contributed by atoms with Crippen LogP contribution >= 0.6 is 0 Å². The molecule has 2 aromatic rings. The van der Waals surface area contributed by atoms with Crippen LogP contribution in [0, 0.1) is 10.1 Å². The van der Waals surface area contributed by atoms with Crippen LogP contribution in [0.1, 0.15) is 6.42 Å². The molecule has 0 aliphatic carbocycles. The molecule has 0 unspecified atom stereocenters. The van der Waals surface area contributed by atoms with Crippen LogP contribution in [0.3, 0.4) is 0 Å². The largest absolute Gasteiger partial charge is 0.481 e. The van der Waals surface area contributed by atoms with Gasteiger partial charge in [0.25, 0.3) is 5.69 Å². The Morgan fingerprint density at radius 2 is 1.71 bits per heavy atom. The van der Waals surface area contributed by atoms with Crippen molar-refractivity contribution in [3.63, 3.8) is 0 Å². The Hall–Kier alpha value is -3.55. The minimum absolute atomic E-state index is 0.210. The molecule has 2 N–H and O–H groups in total. The predicted octanol–water partition coefficient (Wildman–Crippen LogP) is 2.89. The van der Waals surface area contributed by atoms with Crippen molar-refractivity contribution in [2.24, 2.45) is 4.99 Å². The van der Waals surface area contributed by atoms with Crippen LogP contribution in [0.5, 0.6) is 0 Å². The molecule has 0 spiro atoms. The van der Waals surface area contributed by atoms with Crippen molar-refractivity contribution in [3.05, 3.63) is 58.6 Å². The summed E-state index contributed by atoms with van der Waals surface area (Å²) in [6.07, 6.45) is -0.840. The molecule has 0 heterocycles. The van der Waals surface area contributed by atoms with E-state index >= 15 is 0 Å². The fraction of sp³-hybridized carbons (Fsp3) is 0.0625. The highest BCUT2D eigenvalue weighted by Gasteiger charge is 2.19. The maximum absolute atomic E-state index is 11.3. The normalized spacial score (nSPS) is 11.1. The molecule has 0 aromatic heterocycles. The molecule has 0 amide bonds. The average Bonchev–Trinajstić information content (AvgIpc) is 2.54. The van der Waals surface area contributed by atoms with E-state index in [1.54, 1.807) is 30.3 Å². The van der Waals surface area contributed by atoms with Gasteiger partial charge in [-0.05, 0) is 17.2 Å². The summed E-state index contributed by atoms with van der Waals surface area (Å²) in [5, 5.41) is 28.9. The van der Waals surface area contributed by atoms with Crippen LogP contribution < -0.4 is 0 Å². The fourth-order valence-corrected chi connectivity index (χ4v) is 2.03. The van der Waals surface area contributed by atoms with Crippen LogP contribution in [0.25, 0.3) is 11.1 Å². The second kappa shape index (κ2) is 7.14. The lowest BCUT2D eigenvalue weighted by atomic mass is 10.0. The molecule has 0 aliphatic heterocycles. The van der Waals surface area contributed by atoms with Crippen molar-refractivity contribution in [1.29, 1.82) is 0 Å². The van der Waals surface area contributed by atoms with Gasteiger partial charge >= 0.3 is 11.9 Å². The molecule has 122 valence electrons. The van der Waals surface area contributed by atoms with Crippen molar-refractivity contribution < 1.29 is 24.7 Å². The summed E-state index contributed by atoms with van der Waals surface area (Å²) in [6, 6.07) is 13.0. The van der Waals surface area contributed by atoms with Gasteiger partial charge in [0, 0.05) is 6.07 Å². The smallest absolute Gasteiger partial charge is 0.350 e. The van der Waals surface area contributed by atoms with Gasteiger partial charge in [-0.15, -0.1) is 0 Å². The maximum Gasteiger partial charge on any atom is 0.350 e. The van der Waals surface area contributed by atoms with Gasteiger partial charge in [0.2, 0.25) is 0 Å². The third-order valence-corrected chi connectivity index (χ3v) is 3.10. The number of aliphatic imine (C=N–C) groups is 1. The van der Waals surface area contributed by atoms with E-state index in [9.17, 15) is 19.7 Å². The van der Waals surface area contributed by atoms with Gasteiger partial charge in [0.15, 0.2) is 0 Å². The molecule has 0 saturated heterocycles. The molecule has 2 aromatic carbocycles. The highest BCUT2D eigenvalue weighted by Crippen LogP contribution is 2.32. The van der Waals surface area contributed by atoms with Gasteiger partial charge in [-0.2, -0.15) is 0 Å². The Morgan fingerprint density at radius 3 is 2.25 bits per heavy atom. The van der Waals surface area contributed by atoms with Crippen LogP contribution in [0.4, 0.5) is 11.4 Å². The number of nitro groups is 1. The summed E-state index contributed by atoms with van der Waals surface area (Å²) in [5.74, 6) is -2.93. The number of aliphatic carboxylic acids is 2. The highest BCUT2D eigenvalue weighted by molar-refractivity contribution is 6.39. The lowest BCUT2D eigenvalue weighted by Gasteiger charge is -2.04. The van der Waals surface area contributed by atoms with Crippen molar-refractivity contribution in [1.82, 2.24) is 0 Å². The molecular weight excluding hydrogens is 316 g/mol. The molecule has 0 atom stereocenters. The lowest BCUT2D eigenvalue weighted by Crippen LogP contribution is -2.17. The average molecular weight is 328 g/mol. The SMILES string of the molecule is O=C(O)CC(=Nc1ccc(-c2ccccc2)cc1[N+](=O)[O-])C(=O)O. The number of benzene rings is 2. The number of rotatable bonds is 6. The molecular formula is C16H12N2O6. The van der Waals surface area contributed by atoms with Crippen molar-refractivity contribution in [2.45, 2.75) is 6.42 Å². The zero-order valence-corrected chi connectivity index (χ0v) is 12.2. The Bertz CT molecular complexity index is 830. The molecule has 0 saturated carbocycles. The van der Waals surface area contributed by atoms with E-state index in [0.717, 1.165) is 5.56 Å². The minimum atomic E-state index is -1.54. The molecule has 0 fully saturated rings. The van der Waals surface area contributed by atoms with Crippen LogP contribution in [-0.2, 0) is 9.59 Å². The predicted molar refractivity (Wildman–Crippen MR) is 85.5 cm³/mol. The van der Waals surface area contributed by atoms with Gasteiger partial charge < -0.3 is 10.2 Å². The molecule has 2 rings (SSSR count). The molecule has 8 heteroatoms. The standard InChI is InChI=1S/C16H12N2O6/c19-15(20)9-13(16(21)22)17-12-7-6-11(8-14(12)18(23)24)10-4-2-1-3-5-10/h1-8H,9H2,(H,19,20)(H,21,22). The van der Waals surface area contributed by atoms with Crippen LogP contribution in [0.2, 0.25) is 0 Å².